The van der Waals surface area contributed by atoms with Gasteiger partial charge in [0.05, 0.1) is 0 Å². The molecule has 1 rings (SSSR count). The Kier molecular flexibility index (Phi) is 7.86. The smallest absolute Gasteiger partial charge is 0.315 e. The number of hydrogen-bond donors (Lipinski definition) is 2. The van der Waals surface area contributed by atoms with Gasteiger partial charge in [0.25, 0.3) is 5.56 Å². The Bertz CT molecular complexity index is 680. The van der Waals surface area contributed by atoms with Crippen molar-refractivity contribution in [3.63, 3.8) is 0 Å². The zero-order valence-electron chi connectivity index (χ0n) is 12.2. The zero-order valence-corrected chi connectivity index (χ0v) is 13.9. The van der Waals surface area contributed by atoms with Gasteiger partial charge >= 0.3 is 5.69 Å². The van der Waals surface area contributed by atoms with Crippen LogP contribution in [0, 0.1) is 0 Å². The highest BCUT2D eigenvalue weighted by atomic mass is 35.5. The van der Waals surface area contributed by atoms with Crippen molar-refractivity contribution in [2.24, 2.45) is 14.1 Å². The molecule has 10 heteroatoms. The monoisotopic (exact) mass is 340 g/mol. The fourth-order valence-electron chi connectivity index (χ4n) is 1.61. The van der Waals surface area contributed by atoms with Crippen molar-refractivity contribution in [3.05, 3.63) is 27.0 Å². The topological polar surface area (TPSA) is 102 Å². The van der Waals surface area contributed by atoms with Gasteiger partial charge in [0.15, 0.2) is 4.90 Å². The van der Waals surface area contributed by atoms with Crippen LogP contribution in [0.4, 0.5) is 0 Å². The third-order valence-electron chi connectivity index (χ3n) is 2.73. The molecule has 0 fully saturated rings. The Morgan fingerprint density at radius 2 is 1.76 bits per heavy atom. The van der Waals surface area contributed by atoms with Gasteiger partial charge < -0.3 is 9.88 Å². The Morgan fingerprint density at radius 1 is 1.14 bits per heavy atom. The Labute approximate surface area is 129 Å². The maximum Gasteiger partial charge on any atom is 0.330 e. The number of aryl methyl sites for hydroxylation is 1. The van der Waals surface area contributed by atoms with E-state index in [0.717, 1.165) is 28.3 Å². The third kappa shape index (κ3) is 4.95. The van der Waals surface area contributed by atoms with E-state index in [1.165, 1.54) is 14.1 Å². The second-order valence-corrected chi connectivity index (χ2v) is 6.13. The molecule has 21 heavy (non-hydrogen) atoms. The highest BCUT2D eigenvalue weighted by Crippen LogP contribution is 1.98. The molecule has 0 aromatic carbocycles. The van der Waals surface area contributed by atoms with Gasteiger partial charge in [-0.05, 0) is 13.0 Å². The van der Waals surface area contributed by atoms with Crippen LogP contribution < -0.4 is 21.3 Å². The summed E-state index contributed by atoms with van der Waals surface area (Å²) in [4.78, 5) is 22.9. The van der Waals surface area contributed by atoms with Crippen molar-refractivity contribution >= 4 is 22.4 Å². The van der Waals surface area contributed by atoms with Crippen LogP contribution in [0.3, 0.4) is 0 Å². The SMILES string of the molecule is CCCNCCNS(=O)(=O)c1cn(C)c(=O)n(C)c1=O.Cl. The molecule has 0 radical (unpaired) electrons. The van der Waals surface area contributed by atoms with Crippen LogP contribution in [0.2, 0.25) is 0 Å². The molecule has 0 atom stereocenters. The highest BCUT2D eigenvalue weighted by Gasteiger charge is 2.20. The summed E-state index contributed by atoms with van der Waals surface area (Å²) >= 11 is 0. The van der Waals surface area contributed by atoms with Crippen molar-refractivity contribution in [2.45, 2.75) is 18.2 Å². The van der Waals surface area contributed by atoms with E-state index in [2.05, 4.69) is 10.0 Å². The Hall–Kier alpha value is -1.16. The molecule has 0 aliphatic rings. The predicted molar refractivity (Wildman–Crippen MR) is 82.5 cm³/mol. The standard InChI is InChI=1S/C11H20N4O4S.ClH/c1-4-5-12-6-7-13-20(18,19)9-8-14(2)11(17)15(3)10(9)16;/h8,12-13H,4-7H2,1-3H3;1H. The van der Waals surface area contributed by atoms with Crippen LogP contribution in [0.5, 0.6) is 0 Å². The molecule has 1 aromatic heterocycles. The molecule has 0 saturated carbocycles. The van der Waals surface area contributed by atoms with Gasteiger partial charge in [0, 0.05) is 33.4 Å². The number of hydrogen-bond acceptors (Lipinski definition) is 5. The minimum Gasteiger partial charge on any atom is -0.315 e. The van der Waals surface area contributed by atoms with Gasteiger partial charge in [-0.25, -0.2) is 17.9 Å². The first kappa shape index (κ1) is 19.8. The molecule has 0 bridgehead atoms. The van der Waals surface area contributed by atoms with Crippen LogP contribution in [-0.2, 0) is 24.1 Å². The molecule has 0 aliphatic heterocycles. The molecule has 0 spiro atoms. The van der Waals surface area contributed by atoms with Gasteiger partial charge in [-0.15, -0.1) is 12.4 Å². The lowest BCUT2D eigenvalue weighted by Gasteiger charge is -2.09. The van der Waals surface area contributed by atoms with Crippen molar-refractivity contribution < 1.29 is 8.42 Å². The van der Waals surface area contributed by atoms with Crippen molar-refractivity contribution in [1.82, 2.24) is 19.2 Å². The predicted octanol–water partition coefficient (Wildman–Crippen LogP) is -1.22. The number of nitrogens with one attached hydrogen (secondary N) is 2. The summed E-state index contributed by atoms with van der Waals surface area (Å²) in [6.07, 6.45) is 1.99. The van der Waals surface area contributed by atoms with Crippen molar-refractivity contribution in [1.29, 1.82) is 0 Å². The van der Waals surface area contributed by atoms with Crippen molar-refractivity contribution in [3.8, 4) is 0 Å². The van der Waals surface area contributed by atoms with E-state index in [9.17, 15) is 18.0 Å². The Morgan fingerprint density at radius 3 is 2.33 bits per heavy atom. The summed E-state index contributed by atoms with van der Waals surface area (Å²) in [6, 6.07) is 0. The molecule has 0 saturated heterocycles. The normalized spacial score (nSPS) is 11.2. The van der Waals surface area contributed by atoms with E-state index in [1.54, 1.807) is 0 Å². The minimum absolute atomic E-state index is 0. The maximum absolute atomic E-state index is 12.0. The minimum atomic E-state index is -3.92. The lowest BCUT2D eigenvalue weighted by Crippen LogP contribution is -2.42. The number of sulfonamides is 1. The maximum atomic E-state index is 12.0. The molecule has 0 unspecified atom stereocenters. The van der Waals surface area contributed by atoms with E-state index in [1.807, 2.05) is 6.92 Å². The summed E-state index contributed by atoms with van der Waals surface area (Å²) in [6.45, 7) is 3.45. The molecular weight excluding hydrogens is 320 g/mol. The summed E-state index contributed by atoms with van der Waals surface area (Å²) in [7, 11) is -1.29. The molecular formula is C11H21ClN4O4S. The molecule has 122 valence electrons. The summed E-state index contributed by atoms with van der Waals surface area (Å²) in [5.41, 5.74) is -1.40. The molecule has 8 nitrogen and oxygen atoms in total. The number of halogens is 1. The second kappa shape index (κ2) is 8.32. The summed E-state index contributed by atoms with van der Waals surface area (Å²) in [5.74, 6) is 0. The van der Waals surface area contributed by atoms with Crippen molar-refractivity contribution in [2.75, 3.05) is 19.6 Å². The van der Waals surface area contributed by atoms with Gasteiger partial charge in [0.1, 0.15) is 0 Å². The van der Waals surface area contributed by atoms with E-state index in [4.69, 9.17) is 0 Å². The van der Waals surface area contributed by atoms with Gasteiger partial charge in [0.2, 0.25) is 10.0 Å². The Balaban J connectivity index is 0.00000400. The van der Waals surface area contributed by atoms with Crippen LogP contribution in [0.15, 0.2) is 20.7 Å². The molecule has 0 aliphatic carbocycles. The largest absolute Gasteiger partial charge is 0.330 e. The number of rotatable bonds is 7. The first-order valence-electron chi connectivity index (χ1n) is 6.28. The van der Waals surface area contributed by atoms with Crippen LogP contribution in [-0.4, -0.2) is 37.2 Å². The van der Waals surface area contributed by atoms with Crippen LogP contribution in [0.25, 0.3) is 0 Å². The number of nitrogens with zero attached hydrogens (tertiary/aromatic N) is 2. The average molecular weight is 341 g/mol. The van der Waals surface area contributed by atoms with E-state index in [-0.39, 0.29) is 19.0 Å². The first-order chi connectivity index (χ1) is 9.31. The van der Waals surface area contributed by atoms with Crippen LogP contribution in [0.1, 0.15) is 13.3 Å². The lowest BCUT2D eigenvalue weighted by molar-refractivity contribution is 0.566. The van der Waals surface area contributed by atoms with Crippen LogP contribution >= 0.6 is 12.4 Å². The van der Waals surface area contributed by atoms with Gasteiger partial charge in [-0.2, -0.15) is 0 Å². The van der Waals surface area contributed by atoms with Gasteiger partial charge in [-0.1, -0.05) is 6.92 Å². The molecule has 2 N–H and O–H groups in total. The first-order valence-corrected chi connectivity index (χ1v) is 7.76. The fraction of sp³-hybridized carbons (Fsp3) is 0.636. The van der Waals surface area contributed by atoms with E-state index >= 15 is 0 Å². The third-order valence-corrected chi connectivity index (χ3v) is 4.17. The number of aromatic nitrogens is 2. The summed E-state index contributed by atoms with van der Waals surface area (Å²) < 4.78 is 28.2. The van der Waals surface area contributed by atoms with E-state index in [0.29, 0.717) is 6.54 Å². The molecule has 1 aromatic rings. The average Bonchev–Trinajstić information content (AvgIpc) is 2.40. The fourth-order valence-corrected chi connectivity index (χ4v) is 2.80. The highest BCUT2D eigenvalue weighted by molar-refractivity contribution is 7.89. The van der Waals surface area contributed by atoms with E-state index < -0.39 is 26.2 Å². The molecule has 0 amide bonds. The zero-order chi connectivity index (χ0) is 15.3. The lowest BCUT2D eigenvalue weighted by atomic mass is 10.5. The second-order valence-electron chi connectivity index (χ2n) is 4.40. The quantitative estimate of drug-likeness (QED) is 0.606. The van der Waals surface area contributed by atoms with Gasteiger partial charge in [-0.3, -0.25) is 9.36 Å². The molecule has 1 heterocycles. The summed E-state index contributed by atoms with van der Waals surface area (Å²) in [5, 5.41) is 3.04.